The van der Waals surface area contributed by atoms with Crippen LogP contribution in [0.4, 0.5) is 0 Å². The topological polar surface area (TPSA) is 218 Å². The van der Waals surface area contributed by atoms with Gasteiger partial charge in [-0.1, -0.05) is 35.9 Å². The van der Waals surface area contributed by atoms with Crippen LogP contribution in [0.1, 0.15) is 34.5 Å². The van der Waals surface area contributed by atoms with E-state index in [0.717, 1.165) is 15.7 Å². The molecule has 224 valence electrons. The van der Waals surface area contributed by atoms with Crippen molar-refractivity contribution in [3.63, 3.8) is 0 Å². The molecule has 2 atom stereocenters. The molecule has 2 heterocycles. The molecule has 0 radical (unpaired) electrons. The van der Waals surface area contributed by atoms with Gasteiger partial charge in [0.2, 0.25) is 5.91 Å². The van der Waals surface area contributed by atoms with Crippen LogP contribution in [0.3, 0.4) is 0 Å². The summed E-state index contributed by atoms with van der Waals surface area (Å²) in [6.07, 6.45) is 2.53. The van der Waals surface area contributed by atoms with Gasteiger partial charge in [-0.25, -0.2) is 22.2 Å². The lowest BCUT2D eigenvalue weighted by atomic mass is 10.1. The van der Waals surface area contributed by atoms with Crippen LogP contribution in [0.25, 0.3) is 10.9 Å². The molecule has 0 saturated carbocycles. The predicted octanol–water partition coefficient (Wildman–Crippen LogP) is 1.25. The molecule has 2 aromatic heterocycles. The molecule has 0 aliphatic rings. The van der Waals surface area contributed by atoms with Crippen molar-refractivity contribution in [2.45, 2.75) is 43.2 Å². The van der Waals surface area contributed by atoms with Crippen molar-refractivity contribution in [2.75, 3.05) is 0 Å². The molecule has 4 aromatic rings. The Morgan fingerprint density at radius 3 is 2.30 bits per heavy atom. The molecule has 5 N–H and O–H groups in total. The van der Waals surface area contributed by atoms with Crippen molar-refractivity contribution in [1.82, 2.24) is 24.6 Å². The molecule has 0 aliphatic heterocycles. The number of fused-ring (bicyclic) bond motifs is 1. The van der Waals surface area contributed by atoms with Crippen molar-refractivity contribution in [2.24, 2.45) is 0 Å². The Hall–Kier alpha value is -5.31. The lowest BCUT2D eigenvalue weighted by Gasteiger charge is -2.20. The second-order valence-corrected chi connectivity index (χ2v) is 11.5. The average Bonchev–Trinajstić information content (AvgIpc) is 3.62. The maximum Gasteiger partial charge on any atom is 0.326 e. The van der Waals surface area contributed by atoms with Crippen LogP contribution >= 0.6 is 0 Å². The molecule has 14 nitrogen and oxygen atoms in total. The van der Waals surface area contributed by atoms with E-state index in [0.29, 0.717) is 5.69 Å². The molecule has 4 rings (SSSR count). The van der Waals surface area contributed by atoms with Crippen molar-refractivity contribution < 1.29 is 42.6 Å². The molecular formula is C28H27N5O9S. The predicted molar refractivity (Wildman–Crippen MR) is 151 cm³/mol. The highest BCUT2D eigenvalue weighted by Crippen LogP contribution is 2.26. The minimum atomic E-state index is -4.16. The Balaban J connectivity index is 1.63. The summed E-state index contributed by atoms with van der Waals surface area (Å²) in [5, 5.41) is 23.0. The molecule has 0 saturated heterocycles. The molecule has 0 spiro atoms. The number of benzene rings is 2. The normalized spacial score (nSPS) is 12.8. The first-order chi connectivity index (χ1) is 20.4. The summed E-state index contributed by atoms with van der Waals surface area (Å²) in [6, 6.07) is 9.14. The zero-order valence-electron chi connectivity index (χ0n) is 22.7. The summed E-state index contributed by atoms with van der Waals surface area (Å²) in [7, 11) is -4.16. The van der Waals surface area contributed by atoms with Crippen LogP contribution in [-0.4, -0.2) is 74.2 Å². The van der Waals surface area contributed by atoms with Crippen LogP contribution in [0, 0.1) is 6.92 Å². The van der Waals surface area contributed by atoms with E-state index in [4.69, 9.17) is 5.11 Å². The number of aryl methyl sites for hydroxylation is 1. The number of nitrogens with zero attached hydrogens (tertiary/aromatic N) is 2. The van der Waals surface area contributed by atoms with Gasteiger partial charge >= 0.3 is 11.9 Å². The van der Waals surface area contributed by atoms with Crippen molar-refractivity contribution >= 4 is 50.5 Å². The Kier molecular flexibility index (Phi) is 9.04. The maximum absolute atomic E-state index is 13.5. The quantitative estimate of drug-likeness (QED) is 0.108. The number of ketones is 1. The minimum absolute atomic E-state index is 0.0329. The Morgan fingerprint density at radius 2 is 1.67 bits per heavy atom. The molecule has 0 aliphatic carbocycles. The summed E-state index contributed by atoms with van der Waals surface area (Å²) in [5.41, 5.74) is 1.11. The summed E-state index contributed by atoms with van der Waals surface area (Å²) >= 11 is 0. The number of hydrogen-bond acceptors (Lipinski definition) is 8. The van der Waals surface area contributed by atoms with Crippen molar-refractivity contribution in [3.8, 4) is 0 Å². The number of aromatic nitrogens is 3. The Labute approximate surface area is 244 Å². The zero-order chi connectivity index (χ0) is 31.3. The Bertz CT molecular complexity index is 1800. The number of nitrogens with one attached hydrogen (secondary N) is 3. The highest BCUT2D eigenvalue weighted by atomic mass is 32.2. The lowest BCUT2D eigenvalue weighted by Crippen LogP contribution is -2.53. The van der Waals surface area contributed by atoms with Gasteiger partial charge in [-0.15, -0.1) is 0 Å². The van der Waals surface area contributed by atoms with Gasteiger partial charge in [-0.3, -0.25) is 19.2 Å². The van der Waals surface area contributed by atoms with Crippen LogP contribution in [0.2, 0.25) is 0 Å². The summed E-state index contributed by atoms with van der Waals surface area (Å²) < 4.78 is 27.8. The number of amides is 2. The molecule has 15 heteroatoms. The SMILES string of the molecule is Cc1ccc(S(=O)(=O)n2cc(C(=O)C(=O)N[C@@H](Cc3cnc[nH]3)C(=O)N[C@@H](CCC(=O)O)C(=O)O)c3ccccc32)cc1. The number of rotatable bonds is 13. The van der Waals surface area contributed by atoms with E-state index >= 15 is 0 Å². The monoisotopic (exact) mass is 609 g/mol. The molecule has 2 amide bonds. The molecule has 43 heavy (non-hydrogen) atoms. The van der Waals surface area contributed by atoms with Gasteiger partial charge < -0.3 is 25.8 Å². The summed E-state index contributed by atoms with van der Waals surface area (Å²) in [6.45, 7) is 1.80. The fourth-order valence-electron chi connectivity index (χ4n) is 4.32. The third kappa shape index (κ3) is 6.95. The number of carbonyl (C=O) groups excluding carboxylic acids is 3. The maximum atomic E-state index is 13.5. The van der Waals surface area contributed by atoms with E-state index in [9.17, 15) is 37.5 Å². The largest absolute Gasteiger partial charge is 0.481 e. The number of aliphatic carboxylic acids is 2. The number of H-pyrrole nitrogens is 1. The van der Waals surface area contributed by atoms with Gasteiger partial charge in [0, 0.05) is 36.3 Å². The lowest BCUT2D eigenvalue weighted by molar-refractivity contribution is -0.143. The third-order valence-electron chi connectivity index (χ3n) is 6.57. The van der Waals surface area contributed by atoms with E-state index < -0.39 is 64.5 Å². The molecule has 2 aromatic carbocycles. The highest BCUT2D eigenvalue weighted by molar-refractivity contribution is 7.90. The molecule has 0 fully saturated rings. The first-order valence-corrected chi connectivity index (χ1v) is 14.3. The number of carboxylic acid groups (broad SMARTS) is 2. The Morgan fingerprint density at radius 1 is 0.977 bits per heavy atom. The first-order valence-electron chi connectivity index (χ1n) is 12.9. The highest BCUT2D eigenvalue weighted by Gasteiger charge is 2.31. The van der Waals surface area contributed by atoms with Crippen LogP contribution in [0.15, 0.2) is 72.1 Å². The number of Topliss-reactive ketones (excluding diaryl/α,β-unsaturated/α-hetero) is 1. The van der Waals surface area contributed by atoms with E-state index in [2.05, 4.69) is 20.6 Å². The van der Waals surface area contributed by atoms with E-state index in [-0.39, 0.29) is 27.8 Å². The van der Waals surface area contributed by atoms with Gasteiger partial charge in [0.15, 0.2) is 0 Å². The average molecular weight is 610 g/mol. The minimum Gasteiger partial charge on any atom is -0.481 e. The van der Waals surface area contributed by atoms with Gasteiger partial charge in [0.05, 0.1) is 22.3 Å². The summed E-state index contributed by atoms with van der Waals surface area (Å²) in [4.78, 5) is 68.8. The van der Waals surface area contributed by atoms with Crippen molar-refractivity contribution in [1.29, 1.82) is 0 Å². The van der Waals surface area contributed by atoms with Crippen LogP contribution < -0.4 is 10.6 Å². The van der Waals surface area contributed by atoms with Crippen LogP contribution in [0.5, 0.6) is 0 Å². The number of hydrogen-bond donors (Lipinski definition) is 5. The number of carboxylic acids is 2. The number of para-hydroxylation sites is 1. The second-order valence-electron chi connectivity index (χ2n) is 9.64. The molecular weight excluding hydrogens is 582 g/mol. The smallest absolute Gasteiger partial charge is 0.326 e. The van der Waals surface area contributed by atoms with Gasteiger partial charge in [-0.05, 0) is 31.5 Å². The van der Waals surface area contributed by atoms with E-state index in [1.54, 1.807) is 31.2 Å². The summed E-state index contributed by atoms with van der Waals surface area (Å²) in [5.74, 6) is -6.14. The first kappa shape index (κ1) is 30.6. The van der Waals surface area contributed by atoms with E-state index in [1.807, 2.05) is 0 Å². The van der Waals surface area contributed by atoms with E-state index in [1.165, 1.54) is 36.8 Å². The standard InChI is InChI=1S/C28H27N5O9S/c1-16-6-8-18(9-7-16)43(41,42)33-14-20(19-4-2-3-5-23(19)33)25(36)27(38)32-22(12-17-13-29-15-30-17)26(37)31-21(28(39)40)10-11-24(34)35/h2-9,13-15,21-22H,10-12H2,1H3,(H,29,30)(H,31,37)(H,32,38)(H,34,35)(H,39,40)/t21-,22-/m0/s1. The van der Waals surface area contributed by atoms with Gasteiger partial charge in [0.1, 0.15) is 12.1 Å². The molecule has 0 unspecified atom stereocenters. The van der Waals surface area contributed by atoms with Crippen molar-refractivity contribution in [3.05, 3.63) is 84.1 Å². The number of aromatic amines is 1. The fraction of sp³-hybridized carbons (Fsp3) is 0.214. The number of imidazole rings is 1. The number of carbonyl (C=O) groups is 5. The van der Waals surface area contributed by atoms with Crippen LogP contribution in [-0.2, 0) is 35.6 Å². The zero-order valence-corrected chi connectivity index (χ0v) is 23.5. The third-order valence-corrected chi connectivity index (χ3v) is 8.26. The fourth-order valence-corrected chi connectivity index (χ4v) is 5.69. The second kappa shape index (κ2) is 12.7. The molecule has 0 bridgehead atoms. The van der Waals surface area contributed by atoms with Gasteiger partial charge in [-0.2, -0.15) is 0 Å². The van der Waals surface area contributed by atoms with Gasteiger partial charge in [0.25, 0.3) is 21.7 Å².